The van der Waals surface area contributed by atoms with E-state index in [1.807, 2.05) is 37.3 Å². The summed E-state index contributed by atoms with van der Waals surface area (Å²) in [6.07, 6.45) is 2.61. The summed E-state index contributed by atoms with van der Waals surface area (Å²) in [4.78, 5) is 25.2. The minimum absolute atomic E-state index is 0.100. The average Bonchev–Trinajstić information content (AvgIpc) is 2.83. The van der Waals surface area contributed by atoms with E-state index in [9.17, 15) is 18.0 Å². The topological polar surface area (TPSA) is 96.0 Å². The van der Waals surface area contributed by atoms with Crippen LogP contribution in [0.5, 0.6) is 0 Å². The molecule has 2 aromatic rings. The van der Waals surface area contributed by atoms with Crippen LogP contribution in [-0.2, 0) is 14.9 Å². The second kappa shape index (κ2) is 10.1. The van der Waals surface area contributed by atoms with Crippen LogP contribution < -0.4 is 9.62 Å². The molecule has 1 saturated heterocycles. The monoisotopic (exact) mass is 459 g/mol. The molecule has 0 radical (unpaired) electrons. The minimum Gasteiger partial charge on any atom is -0.465 e. The number of amides is 1. The smallest absolute Gasteiger partial charge is 0.337 e. The fraction of sp³-hybridized carbons (Fsp3) is 0.391. The molecule has 0 bridgehead atoms. The first-order valence-electron chi connectivity index (χ1n) is 10.6. The van der Waals surface area contributed by atoms with Gasteiger partial charge >= 0.3 is 16.2 Å². The Morgan fingerprint density at radius 3 is 2.28 bits per heavy atom. The molecule has 0 aromatic heterocycles. The van der Waals surface area contributed by atoms with Gasteiger partial charge in [-0.25, -0.2) is 4.79 Å². The summed E-state index contributed by atoms with van der Waals surface area (Å²) in [5.74, 6) is -1.07. The van der Waals surface area contributed by atoms with E-state index in [0.29, 0.717) is 13.1 Å². The molecule has 1 aliphatic heterocycles. The Kier molecular flexibility index (Phi) is 7.52. The van der Waals surface area contributed by atoms with Crippen LogP contribution in [0.25, 0.3) is 0 Å². The number of nitrogens with one attached hydrogen (secondary N) is 1. The van der Waals surface area contributed by atoms with E-state index in [1.54, 1.807) is 0 Å². The van der Waals surface area contributed by atoms with Crippen LogP contribution in [0.15, 0.2) is 48.5 Å². The van der Waals surface area contributed by atoms with Crippen LogP contribution in [-0.4, -0.2) is 51.8 Å². The maximum Gasteiger partial charge on any atom is 0.337 e. The third-order valence-electron chi connectivity index (χ3n) is 5.60. The first-order chi connectivity index (χ1) is 15.2. The fourth-order valence-electron chi connectivity index (χ4n) is 3.67. The molecule has 1 heterocycles. The van der Waals surface area contributed by atoms with Crippen molar-refractivity contribution in [2.24, 2.45) is 0 Å². The number of nitrogens with zero attached hydrogens (tertiary/aromatic N) is 2. The highest BCUT2D eigenvalue weighted by Gasteiger charge is 2.29. The zero-order chi connectivity index (χ0) is 23.3. The van der Waals surface area contributed by atoms with Gasteiger partial charge in [0.05, 0.1) is 24.4 Å². The van der Waals surface area contributed by atoms with Gasteiger partial charge in [-0.15, -0.1) is 0 Å². The molecule has 172 valence electrons. The van der Waals surface area contributed by atoms with Crippen molar-refractivity contribution >= 4 is 27.8 Å². The van der Waals surface area contributed by atoms with Gasteiger partial charge in [-0.05, 0) is 43.5 Å². The first kappa shape index (κ1) is 23.7. The molecule has 0 unspecified atom stereocenters. The van der Waals surface area contributed by atoms with Crippen molar-refractivity contribution in [1.29, 1.82) is 0 Å². The van der Waals surface area contributed by atoms with Gasteiger partial charge in [0.2, 0.25) is 0 Å². The third kappa shape index (κ3) is 5.28. The lowest BCUT2D eigenvalue weighted by atomic mass is 10.1. The summed E-state index contributed by atoms with van der Waals surface area (Å²) in [5, 5.41) is 2.90. The number of anilines is 1. The van der Waals surface area contributed by atoms with Crippen molar-refractivity contribution in [3.8, 4) is 0 Å². The molecule has 2 aromatic carbocycles. The molecule has 0 aliphatic carbocycles. The van der Waals surface area contributed by atoms with Crippen molar-refractivity contribution in [3.63, 3.8) is 0 Å². The summed E-state index contributed by atoms with van der Waals surface area (Å²) in [7, 11) is -1.13. The maximum atomic E-state index is 13.1. The van der Waals surface area contributed by atoms with E-state index < -0.39 is 22.1 Å². The predicted octanol–water partition coefficient (Wildman–Crippen LogP) is 3.13. The molecule has 0 saturated carbocycles. The molecular formula is C23H29N3O5S. The maximum absolute atomic E-state index is 13.1. The zero-order valence-electron chi connectivity index (χ0n) is 18.6. The molecule has 1 N–H and O–H groups in total. The van der Waals surface area contributed by atoms with Crippen molar-refractivity contribution in [3.05, 3.63) is 65.2 Å². The standard InChI is InChI=1S/C23H29N3O5S/c1-17(18-10-6-4-7-11-18)24-22(27)19-14-20(23(28)31-3)16-21(15-19)25(2)32(29,30)26-12-8-5-9-13-26/h4,6-7,10-11,14-17H,5,8-9,12-13H2,1-3H3,(H,24,27)/t17-/m1/s1. The van der Waals surface area contributed by atoms with E-state index in [4.69, 9.17) is 4.74 Å². The van der Waals surface area contributed by atoms with Crippen molar-refractivity contribution in [2.75, 3.05) is 31.6 Å². The molecule has 32 heavy (non-hydrogen) atoms. The highest BCUT2D eigenvalue weighted by molar-refractivity contribution is 7.90. The molecule has 1 atom stereocenters. The van der Waals surface area contributed by atoms with Crippen LogP contribution in [0.1, 0.15) is 58.5 Å². The third-order valence-corrected chi connectivity index (χ3v) is 7.52. The van der Waals surface area contributed by atoms with Crippen LogP contribution >= 0.6 is 0 Å². The lowest BCUT2D eigenvalue weighted by Crippen LogP contribution is -2.44. The number of esters is 1. The lowest BCUT2D eigenvalue weighted by Gasteiger charge is -2.31. The Morgan fingerprint density at radius 2 is 1.66 bits per heavy atom. The van der Waals surface area contributed by atoms with Gasteiger partial charge in [0, 0.05) is 25.7 Å². The molecule has 1 amide bonds. The molecule has 3 rings (SSSR count). The van der Waals surface area contributed by atoms with Crippen molar-refractivity contribution in [2.45, 2.75) is 32.2 Å². The van der Waals surface area contributed by atoms with Crippen molar-refractivity contribution in [1.82, 2.24) is 9.62 Å². The summed E-state index contributed by atoms with van der Waals surface area (Å²) in [6, 6.07) is 13.5. The average molecular weight is 460 g/mol. The van der Waals surface area contributed by atoms with Gasteiger partial charge in [-0.1, -0.05) is 36.8 Å². The Morgan fingerprint density at radius 1 is 1.03 bits per heavy atom. The number of hydrogen-bond acceptors (Lipinski definition) is 5. The van der Waals surface area contributed by atoms with Crippen LogP contribution in [0.2, 0.25) is 0 Å². The Hall–Kier alpha value is -2.91. The van der Waals surface area contributed by atoms with Gasteiger partial charge in [-0.3, -0.25) is 9.10 Å². The lowest BCUT2D eigenvalue weighted by molar-refractivity contribution is 0.0600. The van der Waals surface area contributed by atoms with E-state index in [1.165, 1.54) is 36.7 Å². The summed E-state index contributed by atoms with van der Waals surface area (Å²) >= 11 is 0. The number of benzene rings is 2. The van der Waals surface area contributed by atoms with Gasteiger partial charge in [0.25, 0.3) is 5.91 Å². The highest BCUT2D eigenvalue weighted by Crippen LogP contribution is 2.25. The molecule has 9 heteroatoms. The second-order valence-electron chi connectivity index (χ2n) is 7.80. The van der Waals surface area contributed by atoms with Crippen LogP contribution in [0.3, 0.4) is 0 Å². The Bertz CT molecular complexity index is 1070. The van der Waals surface area contributed by atoms with Crippen LogP contribution in [0, 0.1) is 0 Å². The van der Waals surface area contributed by atoms with E-state index in [-0.39, 0.29) is 22.9 Å². The summed E-state index contributed by atoms with van der Waals surface area (Å²) in [6.45, 7) is 2.75. The number of methoxy groups -OCH3 is 1. The van der Waals surface area contributed by atoms with Gasteiger partial charge in [-0.2, -0.15) is 12.7 Å². The fourth-order valence-corrected chi connectivity index (χ4v) is 5.10. The number of piperidine rings is 1. The number of carbonyl (C=O) groups is 2. The number of hydrogen-bond donors (Lipinski definition) is 1. The minimum atomic E-state index is -3.79. The SMILES string of the molecule is COC(=O)c1cc(C(=O)N[C@H](C)c2ccccc2)cc(N(C)S(=O)(=O)N2CCCCC2)c1. The molecule has 1 fully saturated rings. The molecule has 0 spiro atoms. The van der Waals surface area contributed by atoms with E-state index in [0.717, 1.165) is 29.1 Å². The zero-order valence-corrected chi connectivity index (χ0v) is 19.4. The predicted molar refractivity (Wildman–Crippen MR) is 123 cm³/mol. The van der Waals surface area contributed by atoms with Crippen LogP contribution in [0.4, 0.5) is 5.69 Å². The Balaban J connectivity index is 1.92. The van der Waals surface area contributed by atoms with Gasteiger partial charge < -0.3 is 10.1 Å². The highest BCUT2D eigenvalue weighted by atomic mass is 32.2. The summed E-state index contributed by atoms with van der Waals surface area (Å²) < 4.78 is 33.6. The normalized spacial score (nSPS) is 15.6. The van der Waals surface area contributed by atoms with Gasteiger partial charge in [0.15, 0.2) is 0 Å². The molecular weight excluding hydrogens is 430 g/mol. The van der Waals surface area contributed by atoms with Gasteiger partial charge in [0.1, 0.15) is 0 Å². The second-order valence-corrected chi connectivity index (χ2v) is 9.76. The van der Waals surface area contributed by atoms with E-state index >= 15 is 0 Å². The quantitative estimate of drug-likeness (QED) is 0.642. The van der Waals surface area contributed by atoms with E-state index in [2.05, 4.69) is 5.32 Å². The van der Waals surface area contributed by atoms with Crippen molar-refractivity contribution < 1.29 is 22.7 Å². The first-order valence-corrected chi connectivity index (χ1v) is 12.0. The number of ether oxygens (including phenoxy) is 1. The molecule has 1 aliphatic rings. The Labute approximate surface area is 189 Å². The largest absolute Gasteiger partial charge is 0.465 e. The summed E-state index contributed by atoms with van der Waals surface area (Å²) in [5.41, 5.74) is 1.42. The molecule has 8 nitrogen and oxygen atoms in total. The number of rotatable bonds is 7. The number of carbonyl (C=O) groups excluding carboxylic acids is 2.